The number of aromatic nitrogens is 2. The smallest absolute Gasteiger partial charge is 0.335 e. The molecule has 3 heterocycles. The lowest BCUT2D eigenvalue weighted by atomic mass is 9.91. The number of nitrogens with zero attached hydrogens (tertiary/aromatic N) is 3. The lowest BCUT2D eigenvalue weighted by Crippen LogP contribution is -2.50. The molecular weight excluding hydrogens is 326 g/mol. The van der Waals surface area contributed by atoms with Crippen LogP contribution in [0.15, 0.2) is 10.6 Å². The third kappa shape index (κ3) is 2.66. The number of amides is 1. The van der Waals surface area contributed by atoms with E-state index in [1.54, 1.807) is 11.8 Å². The second-order valence-corrected chi connectivity index (χ2v) is 6.95. The fraction of sp³-hybridized carbons (Fsp3) is 0.529. The first-order valence-electron chi connectivity index (χ1n) is 8.41. The minimum Gasteiger partial charge on any atom is -0.479 e. The molecule has 2 N–H and O–H groups in total. The quantitative estimate of drug-likeness (QED) is 0.865. The van der Waals surface area contributed by atoms with E-state index in [-0.39, 0.29) is 31.8 Å². The van der Waals surface area contributed by atoms with E-state index < -0.39 is 11.6 Å². The molecule has 1 aliphatic heterocycles. The molecule has 1 saturated carbocycles. The van der Waals surface area contributed by atoms with Gasteiger partial charge >= 0.3 is 5.97 Å². The number of carboxylic acids is 1. The maximum absolute atomic E-state index is 13.0. The van der Waals surface area contributed by atoms with Crippen molar-refractivity contribution in [2.75, 3.05) is 13.1 Å². The molecule has 25 heavy (non-hydrogen) atoms. The highest BCUT2D eigenvalue weighted by Gasteiger charge is 2.41. The second kappa shape index (κ2) is 5.52. The summed E-state index contributed by atoms with van der Waals surface area (Å²) in [6.07, 6.45) is 2.13. The third-order valence-electron chi connectivity index (χ3n) is 5.14. The van der Waals surface area contributed by atoms with Crippen molar-refractivity contribution in [2.24, 2.45) is 0 Å². The maximum Gasteiger partial charge on any atom is 0.335 e. The number of carbonyl (C=O) groups excluding carboxylic acids is 1. The topological polar surface area (TPSA) is 117 Å². The highest BCUT2D eigenvalue weighted by atomic mass is 16.5. The normalized spacial score (nSPS) is 20.0. The molecule has 0 radical (unpaired) electrons. The van der Waals surface area contributed by atoms with Crippen LogP contribution in [0.5, 0.6) is 0 Å². The van der Waals surface area contributed by atoms with Gasteiger partial charge in [0.25, 0.3) is 11.6 Å². The molecule has 0 unspecified atom stereocenters. The Balaban J connectivity index is 1.66. The molecule has 4 rings (SSSR count). The van der Waals surface area contributed by atoms with E-state index in [0.717, 1.165) is 18.5 Å². The first-order chi connectivity index (χ1) is 11.9. The summed E-state index contributed by atoms with van der Waals surface area (Å²) < 4.78 is 5.26. The number of aliphatic carboxylic acids is 1. The van der Waals surface area contributed by atoms with Crippen molar-refractivity contribution in [2.45, 2.75) is 44.1 Å². The average Bonchev–Trinajstić information content (AvgIpc) is 3.38. The molecule has 1 saturated heterocycles. The Kier molecular flexibility index (Phi) is 3.54. The number of aryl methyl sites for hydroxylation is 1. The van der Waals surface area contributed by atoms with Gasteiger partial charge in [0.2, 0.25) is 0 Å². The number of hydrogen-bond donors (Lipinski definition) is 2. The number of hydrogen-bond acceptors (Lipinski definition) is 6. The van der Waals surface area contributed by atoms with Gasteiger partial charge in [-0.1, -0.05) is 5.16 Å². The third-order valence-corrected chi connectivity index (χ3v) is 5.14. The van der Waals surface area contributed by atoms with Gasteiger partial charge in [0.15, 0.2) is 5.60 Å². The zero-order chi connectivity index (χ0) is 17.8. The zero-order valence-corrected chi connectivity index (χ0v) is 13.9. The van der Waals surface area contributed by atoms with Crippen LogP contribution in [0.2, 0.25) is 0 Å². The molecule has 0 atom stereocenters. The fourth-order valence-corrected chi connectivity index (χ4v) is 3.33. The van der Waals surface area contributed by atoms with Crippen LogP contribution in [0.4, 0.5) is 0 Å². The summed E-state index contributed by atoms with van der Waals surface area (Å²) >= 11 is 0. The Bertz CT molecular complexity index is 863. The van der Waals surface area contributed by atoms with Gasteiger partial charge in [-0.2, -0.15) is 0 Å². The van der Waals surface area contributed by atoms with Crippen LogP contribution in [0.1, 0.15) is 53.3 Å². The number of rotatable bonds is 3. The van der Waals surface area contributed by atoms with Crippen molar-refractivity contribution < 1.29 is 24.3 Å². The molecule has 2 aromatic heterocycles. The van der Waals surface area contributed by atoms with E-state index in [9.17, 15) is 14.7 Å². The second-order valence-electron chi connectivity index (χ2n) is 6.95. The van der Waals surface area contributed by atoms with Crippen LogP contribution in [-0.2, 0) is 4.79 Å². The number of fused-ring (bicyclic) bond motifs is 1. The van der Waals surface area contributed by atoms with E-state index in [4.69, 9.17) is 9.63 Å². The monoisotopic (exact) mass is 345 g/mol. The number of piperidine rings is 1. The van der Waals surface area contributed by atoms with Crippen LogP contribution in [0.3, 0.4) is 0 Å². The number of carbonyl (C=O) groups is 2. The van der Waals surface area contributed by atoms with E-state index in [2.05, 4.69) is 10.1 Å². The minimum absolute atomic E-state index is 0.0143. The van der Waals surface area contributed by atoms with Crippen LogP contribution in [0, 0.1) is 6.92 Å². The Morgan fingerprint density at radius 3 is 2.60 bits per heavy atom. The standard InChI is InChI=1S/C17H19N3O5/c1-9-13-11(8-12(10-2-3-10)18-14(13)25-19-9)15(21)20-6-4-17(24,5-7-20)16(22)23/h8,10,24H,2-7H2,1H3,(H,22,23). The number of aliphatic hydroxyl groups is 1. The zero-order valence-electron chi connectivity index (χ0n) is 13.9. The van der Waals surface area contributed by atoms with Gasteiger partial charge in [-0.15, -0.1) is 0 Å². The van der Waals surface area contributed by atoms with Crippen molar-refractivity contribution >= 4 is 23.0 Å². The first-order valence-corrected chi connectivity index (χ1v) is 8.41. The highest BCUT2D eigenvalue weighted by molar-refractivity contribution is 6.06. The minimum atomic E-state index is -1.75. The van der Waals surface area contributed by atoms with Gasteiger partial charge in [0, 0.05) is 37.5 Å². The van der Waals surface area contributed by atoms with Gasteiger partial charge in [0.1, 0.15) is 0 Å². The summed E-state index contributed by atoms with van der Waals surface area (Å²) in [6, 6.07) is 1.81. The highest BCUT2D eigenvalue weighted by Crippen LogP contribution is 2.40. The molecule has 0 spiro atoms. The van der Waals surface area contributed by atoms with Gasteiger partial charge in [-0.05, 0) is 25.8 Å². The molecule has 2 fully saturated rings. The van der Waals surface area contributed by atoms with Crippen molar-refractivity contribution in [3.05, 3.63) is 23.0 Å². The molecule has 8 heteroatoms. The lowest BCUT2D eigenvalue weighted by molar-refractivity contribution is -0.162. The first kappa shape index (κ1) is 16.0. The van der Waals surface area contributed by atoms with Crippen molar-refractivity contribution in [1.29, 1.82) is 0 Å². The van der Waals surface area contributed by atoms with Gasteiger partial charge < -0.3 is 19.6 Å². The molecule has 2 aromatic rings. The van der Waals surface area contributed by atoms with Gasteiger partial charge in [-0.3, -0.25) is 4.79 Å². The Labute approximate surface area is 143 Å². The Morgan fingerprint density at radius 2 is 2.00 bits per heavy atom. The molecule has 132 valence electrons. The van der Waals surface area contributed by atoms with Gasteiger partial charge in [-0.25, -0.2) is 9.78 Å². The summed E-state index contributed by atoms with van der Waals surface area (Å²) in [5.74, 6) is -1.08. The van der Waals surface area contributed by atoms with Crippen LogP contribution in [-0.4, -0.2) is 55.8 Å². The molecule has 2 aliphatic rings. The van der Waals surface area contributed by atoms with Crippen molar-refractivity contribution in [3.63, 3.8) is 0 Å². The SMILES string of the molecule is Cc1noc2nc(C3CC3)cc(C(=O)N3CCC(O)(C(=O)O)CC3)c12. The van der Waals surface area contributed by atoms with Crippen LogP contribution >= 0.6 is 0 Å². The summed E-state index contributed by atoms with van der Waals surface area (Å²) in [4.78, 5) is 30.2. The van der Waals surface area contributed by atoms with E-state index in [1.165, 1.54) is 0 Å². The van der Waals surface area contributed by atoms with E-state index in [0.29, 0.717) is 28.3 Å². The van der Waals surface area contributed by atoms with Crippen LogP contribution in [0.25, 0.3) is 11.1 Å². The average molecular weight is 345 g/mol. The fourth-order valence-electron chi connectivity index (χ4n) is 3.33. The molecular formula is C17H19N3O5. The molecule has 8 nitrogen and oxygen atoms in total. The number of carboxylic acid groups (broad SMARTS) is 1. The Hall–Kier alpha value is -2.48. The predicted molar refractivity (Wildman–Crippen MR) is 86.2 cm³/mol. The maximum atomic E-state index is 13.0. The summed E-state index contributed by atoms with van der Waals surface area (Å²) in [7, 11) is 0. The predicted octanol–water partition coefficient (Wildman–Crippen LogP) is 1.46. The number of pyridine rings is 1. The largest absolute Gasteiger partial charge is 0.479 e. The summed E-state index contributed by atoms with van der Waals surface area (Å²) in [5, 5.41) is 23.7. The molecule has 0 bridgehead atoms. The summed E-state index contributed by atoms with van der Waals surface area (Å²) in [6.45, 7) is 2.14. The lowest BCUT2D eigenvalue weighted by Gasteiger charge is -2.35. The van der Waals surface area contributed by atoms with Crippen LogP contribution < -0.4 is 0 Å². The molecule has 1 aliphatic carbocycles. The van der Waals surface area contributed by atoms with Gasteiger partial charge in [0.05, 0.1) is 16.6 Å². The molecule has 0 aromatic carbocycles. The number of likely N-dealkylation sites (tertiary alicyclic amines) is 1. The Morgan fingerprint density at radius 1 is 1.32 bits per heavy atom. The van der Waals surface area contributed by atoms with Crippen molar-refractivity contribution in [3.8, 4) is 0 Å². The molecule has 1 amide bonds. The van der Waals surface area contributed by atoms with Crippen molar-refractivity contribution in [1.82, 2.24) is 15.0 Å². The van der Waals surface area contributed by atoms with E-state index >= 15 is 0 Å². The summed E-state index contributed by atoms with van der Waals surface area (Å²) in [5.41, 5.74) is 0.547. The van der Waals surface area contributed by atoms with E-state index in [1.807, 2.05) is 6.07 Å².